The lowest BCUT2D eigenvalue weighted by atomic mass is 10.1. The van der Waals surface area contributed by atoms with Crippen molar-refractivity contribution >= 4 is 17.7 Å². The summed E-state index contributed by atoms with van der Waals surface area (Å²) in [5.74, 6) is -0.341. The van der Waals surface area contributed by atoms with E-state index in [1.54, 1.807) is 6.92 Å². The molecule has 1 unspecified atom stereocenters. The summed E-state index contributed by atoms with van der Waals surface area (Å²) in [6.45, 7) is 6.02. The van der Waals surface area contributed by atoms with Crippen LogP contribution >= 0.6 is 0 Å². The molecule has 0 spiro atoms. The molecule has 0 bridgehead atoms. The van der Waals surface area contributed by atoms with Crippen LogP contribution in [0.5, 0.6) is 5.75 Å². The molecule has 0 aliphatic carbocycles. The van der Waals surface area contributed by atoms with Gasteiger partial charge in [0.1, 0.15) is 12.4 Å². The molecule has 166 valence electrons. The van der Waals surface area contributed by atoms with Crippen molar-refractivity contribution in [3.8, 4) is 5.75 Å². The molecule has 1 amide bonds. The van der Waals surface area contributed by atoms with Gasteiger partial charge in [0, 0.05) is 18.7 Å². The molecule has 0 saturated heterocycles. The van der Waals surface area contributed by atoms with Gasteiger partial charge in [0.15, 0.2) is 6.04 Å². The molecule has 2 atom stereocenters. The maximum atomic E-state index is 12.7. The van der Waals surface area contributed by atoms with Crippen LogP contribution < -0.4 is 10.1 Å². The molecule has 31 heavy (non-hydrogen) atoms. The minimum Gasteiger partial charge on any atom is -0.459 e. The van der Waals surface area contributed by atoms with Crippen molar-refractivity contribution in [3.05, 3.63) is 70.3 Å². The first kappa shape index (κ1) is 23.8. The maximum Gasteiger partial charge on any atom is 0.413 e. The first-order valence-corrected chi connectivity index (χ1v) is 9.81. The Morgan fingerprint density at radius 3 is 2.26 bits per heavy atom. The number of non-ortho nitro benzene ring substituents is 1. The molecule has 9 nitrogen and oxygen atoms in total. The topological polar surface area (TPSA) is 117 Å². The Morgan fingerprint density at radius 2 is 1.68 bits per heavy atom. The lowest BCUT2D eigenvalue weighted by Crippen LogP contribution is -2.50. The van der Waals surface area contributed by atoms with Gasteiger partial charge in [-0.05, 0) is 30.5 Å². The molecule has 0 fully saturated rings. The molecular formula is C22H26N2O7. The summed E-state index contributed by atoms with van der Waals surface area (Å²) in [4.78, 5) is 35.2. The first-order chi connectivity index (χ1) is 14.8. The van der Waals surface area contributed by atoms with Crippen molar-refractivity contribution in [2.24, 2.45) is 5.92 Å². The fourth-order valence-corrected chi connectivity index (χ4v) is 2.53. The van der Waals surface area contributed by atoms with Crippen LogP contribution in [-0.4, -0.2) is 35.7 Å². The summed E-state index contributed by atoms with van der Waals surface area (Å²) in [6.07, 6.45) is -1.58. The summed E-state index contributed by atoms with van der Waals surface area (Å²) < 4.78 is 16.2. The predicted octanol–water partition coefficient (Wildman–Crippen LogP) is 3.86. The predicted molar refractivity (Wildman–Crippen MR) is 113 cm³/mol. The molecule has 2 aromatic rings. The highest BCUT2D eigenvalue weighted by atomic mass is 16.6. The van der Waals surface area contributed by atoms with Gasteiger partial charge in [0.05, 0.1) is 11.0 Å². The third-order valence-corrected chi connectivity index (χ3v) is 4.17. The summed E-state index contributed by atoms with van der Waals surface area (Å²) in [7, 11) is 0. The monoisotopic (exact) mass is 430 g/mol. The number of carbonyl (C=O) groups excluding carboxylic acids is 2. The van der Waals surface area contributed by atoms with Crippen molar-refractivity contribution in [1.82, 2.24) is 5.32 Å². The largest absolute Gasteiger partial charge is 0.459 e. The van der Waals surface area contributed by atoms with E-state index in [4.69, 9.17) is 14.2 Å². The molecule has 0 radical (unpaired) electrons. The Morgan fingerprint density at radius 1 is 1.03 bits per heavy atom. The molecule has 1 N–H and O–H groups in total. The van der Waals surface area contributed by atoms with Gasteiger partial charge >= 0.3 is 12.1 Å². The normalized spacial score (nSPS) is 12.6. The van der Waals surface area contributed by atoms with E-state index in [1.165, 1.54) is 24.3 Å². The highest BCUT2D eigenvalue weighted by molar-refractivity contribution is 5.82. The number of amides is 1. The Balaban J connectivity index is 2.02. The van der Waals surface area contributed by atoms with Crippen LogP contribution in [0.25, 0.3) is 0 Å². The van der Waals surface area contributed by atoms with Crippen LogP contribution in [-0.2, 0) is 20.9 Å². The number of nitro groups is 1. The van der Waals surface area contributed by atoms with Gasteiger partial charge in [-0.1, -0.05) is 44.2 Å². The first-order valence-electron chi connectivity index (χ1n) is 9.81. The van der Waals surface area contributed by atoms with E-state index in [2.05, 4.69) is 5.32 Å². The molecule has 0 heterocycles. The van der Waals surface area contributed by atoms with E-state index in [-0.39, 0.29) is 24.0 Å². The van der Waals surface area contributed by atoms with Gasteiger partial charge in [-0.3, -0.25) is 10.1 Å². The average molecular weight is 430 g/mol. The van der Waals surface area contributed by atoms with Crippen molar-refractivity contribution in [1.29, 1.82) is 0 Å². The van der Waals surface area contributed by atoms with Crippen LogP contribution in [0.15, 0.2) is 54.6 Å². The molecule has 0 aliphatic heterocycles. The Bertz CT molecular complexity index is 869. The zero-order chi connectivity index (χ0) is 22.8. The van der Waals surface area contributed by atoms with Crippen LogP contribution in [0.2, 0.25) is 0 Å². The van der Waals surface area contributed by atoms with Gasteiger partial charge in [-0.15, -0.1) is 0 Å². The summed E-state index contributed by atoms with van der Waals surface area (Å²) in [6, 6.07) is 13.0. The maximum absolute atomic E-state index is 12.7. The average Bonchev–Trinajstić information content (AvgIpc) is 2.75. The van der Waals surface area contributed by atoms with Gasteiger partial charge in [-0.25, -0.2) is 9.59 Å². The Hall–Kier alpha value is -3.46. The number of nitrogens with zero attached hydrogens (tertiary/aromatic N) is 1. The lowest BCUT2D eigenvalue weighted by molar-refractivity contribution is -0.384. The van der Waals surface area contributed by atoms with E-state index in [9.17, 15) is 19.7 Å². The Kier molecular flexibility index (Phi) is 8.95. The second-order valence-corrected chi connectivity index (χ2v) is 7.29. The van der Waals surface area contributed by atoms with Crippen LogP contribution in [0.1, 0.15) is 26.3 Å². The summed E-state index contributed by atoms with van der Waals surface area (Å²) in [5.41, 5.74) is 0.671. The molecule has 0 saturated carbocycles. The van der Waals surface area contributed by atoms with Crippen molar-refractivity contribution in [3.63, 3.8) is 0 Å². The standard InChI is InChI=1S/C22H26N2O7/c1-15(2)13-29-16(3)20(21(25)30-14-17-7-5-4-6-8-17)23-22(26)31-19-11-9-18(10-12-19)24(27)28/h4-12,15-16,20H,13-14H2,1-3H3,(H,23,26)/t16?,20-/m0/s1. The van der Waals surface area contributed by atoms with Crippen molar-refractivity contribution < 1.29 is 28.7 Å². The molecular weight excluding hydrogens is 404 g/mol. The van der Waals surface area contributed by atoms with Gasteiger partial charge in [0.2, 0.25) is 0 Å². The number of carbonyl (C=O) groups is 2. The third kappa shape index (κ3) is 8.06. The second kappa shape index (κ2) is 11.7. The van der Waals surface area contributed by atoms with E-state index in [0.29, 0.717) is 6.61 Å². The number of benzene rings is 2. The van der Waals surface area contributed by atoms with Crippen LogP contribution in [0.4, 0.5) is 10.5 Å². The second-order valence-electron chi connectivity index (χ2n) is 7.29. The summed E-state index contributed by atoms with van der Waals surface area (Å²) in [5, 5.41) is 13.2. The van der Waals surface area contributed by atoms with Gasteiger partial charge in [-0.2, -0.15) is 0 Å². The molecule has 0 aliphatic rings. The zero-order valence-corrected chi connectivity index (χ0v) is 17.6. The fraction of sp³-hybridized carbons (Fsp3) is 0.364. The highest BCUT2D eigenvalue weighted by Crippen LogP contribution is 2.17. The quantitative estimate of drug-likeness (QED) is 0.345. The van der Waals surface area contributed by atoms with E-state index in [0.717, 1.165) is 5.56 Å². The minimum absolute atomic E-state index is 0.0478. The van der Waals surface area contributed by atoms with Crippen molar-refractivity contribution in [2.45, 2.75) is 39.5 Å². The Labute approximate surface area is 180 Å². The van der Waals surface area contributed by atoms with Crippen molar-refractivity contribution in [2.75, 3.05) is 6.61 Å². The zero-order valence-electron chi connectivity index (χ0n) is 17.6. The van der Waals surface area contributed by atoms with Gasteiger partial charge in [0.25, 0.3) is 5.69 Å². The molecule has 0 aromatic heterocycles. The van der Waals surface area contributed by atoms with Crippen LogP contribution in [0.3, 0.4) is 0 Å². The smallest absolute Gasteiger partial charge is 0.413 e. The van der Waals surface area contributed by atoms with E-state index >= 15 is 0 Å². The number of nitrogens with one attached hydrogen (secondary N) is 1. The fourth-order valence-electron chi connectivity index (χ4n) is 2.53. The lowest BCUT2D eigenvalue weighted by Gasteiger charge is -2.24. The number of hydrogen-bond acceptors (Lipinski definition) is 7. The third-order valence-electron chi connectivity index (χ3n) is 4.17. The number of esters is 1. The minimum atomic E-state index is -1.10. The number of rotatable bonds is 10. The highest BCUT2D eigenvalue weighted by Gasteiger charge is 2.30. The van der Waals surface area contributed by atoms with Gasteiger partial charge < -0.3 is 19.5 Å². The van der Waals surface area contributed by atoms with E-state index in [1.807, 2.05) is 44.2 Å². The number of ether oxygens (including phenoxy) is 3. The van der Waals surface area contributed by atoms with E-state index < -0.39 is 29.1 Å². The number of hydrogen-bond donors (Lipinski definition) is 1. The van der Waals surface area contributed by atoms with Crippen LogP contribution in [0, 0.1) is 16.0 Å². The molecule has 2 aromatic carbocycles. The molecule has 9 heteroatoms. The summed E-state index contributed by atoms with van der Waals surface area (Å²) >= 11 is 0. The molecule has 2 rings (SSSR count). The SMILES string of the molecule is CC(C)COC(C)[C@H](NC(=O)Oc1ccc([N+](=O)[O-])cc1)C(=O)OCc1ccccc1. The number of nitro benzene ring substituents is 1.